The molecule has 0 bridgehead atoms. The van der Waals surface area contributed by atoms with Gasteiger partial charge in [-0.1, -0.05) is 34.5 Å². The molecule has 29 heavy (non-hydrogen) atoms. The van der Waals surface area contributed by atoms with Crippen molar-refractivity contribution in [2.75, 3.05) is 11.9 Å². The largest absolute Gasteiger partial charge is 0.462 e. The van der Waals surface area contributed by atoms with Gasteiger partial charge in [-0.25, -0.2) is 19.7 Å². The van der Waals surface area contributed by atoms with Gasteiger partial charge in [0.25, 0.3) is 0 Å². The molecule has 146 valence electrons. The molecule has 0 saturated carbocycles. The summed E-state index contributed by atoms with van der Waals surface area (Å²) in [5, 5.41) is 4.95. The fourth-order valence-corrected chi connectivity index (χ4v) is 3.89. The van der Waals surface area contributed by atoms with Crippen LogP contribution in [0.5, 0.6) is 0 Å². The highest BCUT2D eigenvalue weighted by Gasteiger charge is 2.18. The predicted molar refractivity (Wildman–Crippen MR) is 116 cm³/mol. The van der Waals surface area contributed by atoms with Crippen LogP contribution >= 0.6 is 34.5 Å². The third kappa shape index (κ3) is 4.32. The Balaban J connectivity index is 1.75. The summed E-state index contributed by atoms with van der Waals surface area (Å²) in [5.41, 5.74) is 1.79. The van der Waals surface area contributed by atoms with E-state index < -0.39 is 5.97 Å². The van der Waals surface area contributed by atoms with Crippen molar-refractivity contribution in [2.24, 2.45) is 0 Å². The number of carbonyl (C=O) groups excluding carboxylic acids is 1. The maximum Gasteiger partial charge on any atom is 0.343 e. The summed E-state index contributed by atoms with van der Waals surface area (Å²) in [4.78, 5) is 25.7. The summed E-state index contributed by atoms with van der Waals surface area (Å²) in [7, 11) is 0. The number of benzene rings is 2. The van der Waals surface area contributed by atoms with E-state index in [9.17, 15) is 4.79 Å². The minimum Gasteiger partial charge on any atom is -0.462 e. The van der Waals surface area contributed by atoms with Crippen molar-refractivity contribution in [1.82, 2.24) is 15.0 Å². The lowest BCUT2D eigenvalue weighted by Crippen LogP contribution is -2.11. The summed E-state index contributed by atoms with van der Waals surface area (Å²) < 4.78 is 6.05. The fraction of sp³-hybridized carbons (Fsp3) is 0.100. The number of hydrogen-bond acceptors (Lipinski definition) is 7. The fourth-order valence-electron chi connectivity index (χ4n) is 2.63. The highest BCUT2D eigenvalue weighted by molar-refractivity contribution is 7.22. The molecule has 1 N–H and O–H groups in total. The van der Waals surface area contributed by atoms with Crippen molar-refractivity contribution < 1.29 is 9.53 Å². The van der Waals surface area contributed by atoms with Crippen LogP contribution in [0.3, 0.4) is 0 Å². The van der Waals surface area contributed by atoms with Crippen LogP contribution < -0.4 is 5.32 Å². The molecular weight excluding hydrogens is 431 g/mol. The Morgan fingerprint density at radius 1 is 1.10 bits per heavy atom. The first kappa shape index (κ1) is 19.6. The first-order valence-electron chi connectivity index (χ1n) is 8.66. The Morgan fingerprint density at radius 2 is 1.86 bits per heavy atom. The summed E-state index contributed by atoms with van der Waals surface area (Å²) in [6.45, 7) is 1.99. The van der Waals surface area contributed by atoms with Gasteiger partial charge in [-0.3, -0.25) is 0 Å². The molecule has 0 aliphatic carbocycles. The average Bonchev–Trinajstić information content (AvgIpc) is 3.10. The molecule has 2 aromatic heterocycles. The third-order valence-electron chi connectivity index (χ3n) is 3.96. The quantitative estimate of drug-likeness (QED) is 0.381. The van der Waals surface area contributed by atoms with E-state index >= 15 is 0 Å². The Hall–Kier alpha value is -2.74. The van der Waals surface area contributed by atoms with Crippen LogP contribution in [0, 0.1) is 0 Å². The highest BCUT2D eigenvalue weighted by atomic mass is 35.5. The molecule has 4 aromatic rings. The van der Waals surface area contributed by atoms with Crippen molar-refractivity contribution in [2.45, 2.75) is 6.92 Å². The number of thiazole rings is 1. The number of aromatic nitrogens is 3. The van der Waals surface area contributed by atoms with Gasteiger partial charge in [0.1, 0.15) is 5.56 Å². The van der Waals surface area contributed by atoms with E-state index in [0.717, 1.165) is 15.8 Å². The zero-order chi connectivity index (χ0) is 20.4. The Labute approximate surface area is 180 Å². The number of carbonyl (C=O) groups is 1. The molecule has 0 amide bonds. The van der Waals surface area contributed by atoms with Crippen LogP contribution in [-0.2, 0) is 4.74 Å². The van der Waals surface area contributed by atoms with Gasteiger partial charge in [0, 0.05) is 21.8 Å². The lowest BCUT2D eigenvalue weighted by atomic mass is 10.2. The standard InChI is InChI=1S/C20H14Cl2N4O2S/c1-2-28-19(27)14-10-23-17(11-3-5-12(21)6-4-11)25-18(14)26-20-24-15-8-7-13(22)9-16(15)29-20/h3-10H,2H2,1H3,(H,23,24,25,26). The van der Waals surface area contributed by atoms with Crippen LogP contribution in [-0.4, -0.2) is 27.5 Å². The molecule has 0 spiro atoms. The monoisotopic (exact) mass is 444 g/mol. The number of hydrogen-bond donors (Lipinski definition) is 1. The Bertz CT molecular complexity index is 1200. The van der Waals surface area contributed by atoms with Crippen LogP contribution in [0.25, 0.3) is 21.6 Å². The maximum atomic E-state index is 12.4. The highest BCUT2D eigenvalue weighted by Crippen LogP contribution is 2.31. The molecule has 0 saturated heterocycles. The summed E-state index contributed by atoms with van der Waals surface area (Å²) in [6.07, 6.45) is 1.45. The van der Waals surface area contributed by atoms with Gasteiger partial charge < -0.3 is 10.1 Å². The lowest BCUT2D eigenvalue weighted by molar-refractivity contribution is 0.0526. The van der Waals surface area contributed by atoms with Crippen LogP contribution in [0.1, 0.15) is 17.3 Å². The van der Waals surface area contributed by atoms with Crippen molar-refractivity contribution in [3.05, 3.63) is 64.3 Å². The minimum atomic E-state index is -0.512. The van der Waals surface area contributed by atoms with Gasteiger partial charge in [-0.05, 0) is 49.4 Å². The molecule has 2 aromatic carbocycles. The van der Waals surface area contributed by atoms with Crippen molar-refractivity contribution in [1.29, 1.82) is 0 Å². The van der Waals surface area contributed by atoms with Gasteiger partial charge >= 0.3 is 5.97 Å². The molecular formula is C20H14Cl2N4O2S. The first-order chi connectivity index (χ1) is 14.0. The third-order valence-corrected chi connectivity index (χ3v) is 5.38. The maximum absolute atomic E-state index is 12.4. The van der Waals surface area contributed by atoms with Crippen molar-refractivity contribution in [3.63, 3.8) is 0 Å². The number of esters is 1. The first-order valence-corrected chi connectivity index (χ1v) is 10.2. The van der Waals surface area contributed by atoms with E-state index in [0.29, 0.717) is 26.8 Å². The molecule has 6 nitrogen and oxygen atoms in total. The normalized spacial score (nSPS) is 10.9. The average molecular weight is 445 g/mol. The molecule has 0 aliphatic heterocycles. The van der Waals surface area contributed by atoms with Gasteiger partial charge in [-0.2, -0.15) is 0 Å². The number of nitrogens with zero attached hydrogens (tertiary/aromatic N) is 3. The smallest absolute Gasteiger partial charge is 0.343 e. The zero-order valence-corrected chi connectivity index (χ0v) is 17.5. The van der Waals surface area contributed by atoms with E-state index in [1.807, 2.05) is 24.3 Å². The van der Waals surface area contributed by atoms with E-state index in [4.69, 9.17) is 27.9 Å². The van der Waals surface area contributed by atoms with E-state index in [-0.39, 0.29) is 12.2 Å². The summed E-state index contributed by atoms with van der Waals surface area (Å²) in [6, 6.07) is 12.6. The van der Waals surface area contributed by atoms with Gasteiger partial charge in [0.15, 0.2) is 16.8 Å². The SMILES string of the molecule is CCOC(=O)c1cnc(-c2ccc(Cl)cc2)nc1Nc1nc2ccc(Cl)cc2s1. The van der Waals surface area contributed by atoms with Gasteiger partial charge in [-0.15, -0.1) is 0 Å². The molecule has 0 fully saturated rings. The van der Waals surface area contributed by atoms with Gasteiger partial charge in [0.05, 0.1) is 16.8 Å². The molecule has 0 aliphatic rings. The summed E-state index contributed by atoms with van der Waals surface area (Å²) in [5.74, 6) is 0.247. The Kier molecular flexibility index (Phi) is 5.62. The molecule has 0 unspecified atom stereocenters. The zero-order valence-electron chi connectivity index (χ0n) is 15.1. The minimum absolute atomic E-state index is 0.224. The van der Waals surface area contributed by atoms with Crippen LogP contribution in [0.15, 0.2) is 48.7 Å². The molecule has 4 rings (SSSR count). The number of fused-ring (bicyclic) bond motifs is 1. The second-order valence-corrected chi connectivity index (χ2v) is 7.84. The Morgan fingerprint density at radius 3 is 2.62 bits per heavy atom. The lowest BCUT2D eigenvalue weighted by Gasteiger charge is -2.10. The molecule has 0 radical (unpaired) electrons. The summed E-state index contributed by atoms with van der Waals surface area (Å²) >= 11 is 13.4. The number of halogens is 2. The second-order valence-electron chi connectivity index (χ2n) is 5.94. The van der Waals surface area contributed by atoms with Crippen molar-refractivity contribution in [3.8, 4) is 11.4 Å². The van der Waals surface area contributed by atoms with Crippen molar-refractivity contribution >= 4 is 61.7 Å². The number of nitrogens with one attached hydrogen (secondary N) is 1. The van der Waals surface area contributed by atoms with Gasteiger partial charge in [0.2, 0.25) is 0 Å². The molecule has 2 heterocycles. The molecule has 0 atom stereocenters. The topological polar surface area (TPSA) is 77.0 Å². The van der Waals surface area contributed by atoms with E-state index in [2.05, 4.69) is 20.3 Å². The van der Waals surface area contributed by atoms with Crippen LogP contribution in [0.4, 0.5) is 10.9 Å². The predicted octanol–water partition coefficient (Wildman–Crippen LogP) is 5.98. The number of rotatable bonds is 5. The van der Waals surface area contributed by atoms with Crippen LogP contribution in [0.2, 0.25) is 10.0 Å². The van der Waals surface area contributed by atoms with E-state index in [1.165, 1.54) is 17.5 Å². The second kappa shape index (κ2) is 8.32. The molecule has 9 heteroatoms. The number of anilines is 2. The van der Waals surface area contributed by atoms with E-state index in [1.54, 1.807) is 25.1 Å². The number of ether oxygens (including phenoxy) is 1.